The lowest BCUT2D eigenvalue weighted by atomic mass is 10.3. The Kier molecular flexibility index (Phi) is 3.87. The van der Waals surface area contributed by atoms with E-state index in [0.717, 1.165) is 32.1 Å². The maximum atomic E-state index is 10.5. The first-order valence-electron chi connectivity index (χ1n) is 5.72. The number of carbonyl (C=O) groups is 1. The maximum Gasteiger partial charge on any atom is 0.304 e. The molecular weight excluding hydrogens is 220 g/mol. The van der Waals surface area contributed by atoms with E-state index in [1.165, 1.54) is 0 Å². The molecule has 0 aromatic carbocycles. The smallest absolute Gasteiger partial charge is 0.304 e. The Hall–Kier alpha value is -1.69. The summed E-state index contributed by atoms with van der Waals surface area (Å²) < 4.78 is 0. The average molecular weight is 236 g/mol. The minimum atomic E-state index is -0.737. The molecule has 0 radical (unpaired) electrons. The van der Waals surface area contributed by atoms with Crippen LogP contribution in [0.15, 0.2) is 18.5 Å². The van der Waals surface area contributed by atoms with E-state index in [2.05, 4.69) is 19.8 Å². The predicted octanol–water partition coefficient (Wildman–Crippen LogP) is 0.0733. The monoisotopic (exact) mass is 236 g/mol. The lowest BCUT2D eigenvalue weighted by Gasteiger charge is -2.34. The van der Waals surface area contributed by atoms with Crippen molar-refractivity contribution in [2.24, 2.45) is 0 Å². The molecule has 92 valence electrons. The van der Waals surface area contributed by atoms with Gasteiger partial charge in [0, 0.05) is 45.1 Å². The molecule has 1 N–H and O–H groups in total. The summed E-state index contributed by atoms with van der Waals surface area (Å²) >= 11 is 0. The number of carboxylic acid groups (broad SMARTS) is 1. The van der Waals surface area contributed by atoms with Crippen LogP contribution in [0.25, 0.3) is 0 Å². The van der Waals surface area contributed by atoms with Crippen molar-refractivity contribution >= 4 is 11.9 Å². The highest BCUT2D eigenvalue weighted by atomic mass is 16.4. The Balaban J connectivity index is 1.80. The van der Waals surface area contributed by atoms with Crippen molar-refractivity contribution in [3.05, 3.63) is 18.5 Å². The van der Waals surface area contributed by atoms with Crippen molar-refractivity contribution in [1.29, 1.82) is 0 Å². The van der Waals surface area contributed by atoms with Gasteiger partial charge in [-0.2, -0.15) is 0 Å². The number of nitrogens with zero attached hydrogens (tertiary/aromatic N) is 4. The summed E-state index contributed by atoms with van der Waals surface area (Å²) in [5.74, 6) is 0.0178. The Bertz CT molecular complexity index is 363. The molecule has 0 spiro atoms. The number of anilines is 1. The van der Waals surface area contributed by atoms with Crippen LogP contribution in [0.3, 0.4) is 0 Å². The van der Waals surface area contributed by atoms with Gasteiger partial charge in [0.2, 0.25) is 5.95 Å². The Labute approximate surface area is 99.9 Å². The van der Waals surface area contributed by atoms with Crippen LogP contribution >= 0.6 is 0 Å². The van der Waals surface area contributed by atoms with E-state index < -0.39 is 5.97 Å². The van der Waals surface area contributed by atoms with Crippen LogP contribution in [-0.4, -0.2) is 58.7 Å². The molecule has 0 bridgehead atoms. The Morgan fingerprint density at radius 2 is 1.88 bits per heavy atom. The van der Waals surface area contributed by atoms with Gasteiger partial charge in [0.15, 0.2) is 0 Å². The molecule has 1 saturated heterocycles. The molecular formula is C11H16N4O2. The fourth-order valence-electron chi connectivity index (χ4n) is 1.88. The van der Waals surface area contributed by atoms with E-state index in [-0.39, 0.29) is 6.42 Å². The van der Waals surface area contributed by atoms with Crippen molar-refractivity contribution in [1.82, 2.24) is 14.9 Å². The largest absolute Gasteiger partial charge is 0.481 e. The Morgan fingerprint density at radius 1 is 1.24 bits per heavy atom. The van der Waals surface area contributed by atoms with Crippen LogP contribution in [0, 0.1) is 0 Å². The molecule has 0 amide bonds. The topological polar surface area (TPSA) is 69.6 Å². The molecule has 1 aromatic rings. The van der Waals surface area contributed by atoms with E-state index in [0.29, 0.717) is 6.54 Å². The van der Waals surface area contributed by atoms with Crippen molar-refractivity contribution in [2.75, 3.05) is 37.6 Å². The summed E-state index contributed by atoms with van der Waals surface area (Å²) in [6.45, 7) is 4.06. The fourth-order valence-corrected chi connectivity index (χ4v) is 1.88. The number of hydrogen-bond acceptors (Lipinski definition) is 5. The molecule has 2 heterocycles. The quantitative estimate of drug-likeness (QED) is 0.798. The molecule has 6 nitrogen and oxygen atoms in total. The van der Waals surface area contributed by atoms with Gasteiger partial charge < -0.3 is 10.0 Å². The number of aromatic nitrogens is 2. The van der Waals surface area contributed by atoms with Gasteiger partial charge in [0.25, 0.3) is 0 Å². The summed E-state index contributed by atoms with van der Waals surface area (Å²) in [7, 11) is 0. The third kappa shape index (κ3) is 3.39. The molecule has 1 fully saturated rings. The molecule has 1 aromatic heterocycles. The summed E-state index contributed by atoms with van der Waals surface area (Å²) in [5, 5.41) is 8.62. The molecule has 0 unspecified atom stereocenters. The standard InChI is InChI=1S/C11H16N4O2/c16-10(17)2-5-14-6-8-15(9-7-14)11-12-3-1-4-13-11/h1,3-4H,2,5-9H2,(H,16,17). The summed E-state index contributed by atoms with van der Waals surface area (Å²) in [6, 6.07) is 1.80. The first kappa shape index (κ1) is 11.8. The van der Waals surface area contributed by atoms with Gasteiger partial charge in [-0.3, -0.25) is 9.69 Å². The molecule has 17 heavy (non-hydrogen) atoms. The maximum absolute atomic E-state index is 10.5. The molecule has 0 aliphatic carbocycles. The second kappa shape index (κ2) is 5.58. The SMILES string of the molecule is O=C(O)CCN1CCN(c2ncccn2)CC1. The normalized spacial score (nSPS) is 17.1. The molecule has 1 aliphatic heterocycles. The number of hydrogen-bond donors (Lipinski definition) is 1. The van der Waals surface area contributed by atoms with Crippen molar-refractivity contribution in [3.63, 3.8) is 0 Å². The zero-order valence-corrected chi connectivity index (χ0v) is 9.62. The lowest BCUT2D eigenvalue weighted by Crippen LogP contribution is -2.47. The van der Waals surface area contributed by atoms with Gasteiger partial charge in [-0.05, 0) is 6.07 Å². The second-order valence-corrected chi connectivity index (χ2v) is 4.02. The molecule has 6 heteroatoms. The van der Waals surface area contributed by atoms with Crippen LogP contribution < -0.4 is 4.90 Å². The Morgan fingerprint density at radius 3 is 2.47 bits per heavy atom. The third-order valence-electron chi connectivity index (χ3n) is 2.85. The molecule has 0 atom stereocenters. The van der Waals surface area contributed by atoms with Gasteiger partial charge >= 0.3 is 5.97 Å². The van der Waals surface area contributed by atoms with Crippen LogP contribution in [0.1, 0.15) is 6.42 Å². The minimum absolute atomic E-state index is 0.210. The predicted molar refractivity (Wildman–Crippen MR) is 62.9 cm³/mol. The van der Waals surface area contributed by atoms with Crippen LogP contribution in [0.5, 0.6) is 0 Å². The zero-order valence-electron chi connectivity index (χ0n) is 9.62. The summed E-state index contributed by atoms with van der Waals surface area (Å²) in [6.07, 6.45) is 3.68. The minimum Gasteiger partial charge on any atom is -0.481 e. The second-order valence-electron chi connectivity index (χ2n) is 4.02. The van der Waals surface area contributed by atoms with Gasteiger partial charge in [0.05, 0.1) is 6.42 Å². The average Bonchev–Trinajstić information content (AvgIpc) is 2.38. The summed E-state index contributed by atoms with van der Waals surface area (Å²) in [5.41, 5.74) is 0. The van der Waals surface area contributed by atoms with E-state index >= 15 is 0 Å². The summed E-state index contributed by atoms with van der Waals surface area (Å²) in [4.78, 5) is 23.2. The molecule has 1 aliphatic rings. The number of carboxylic acids is 1. The number of piperazine rings is 1. The van der Waals surface area contributed by atoms with Crippen molar-refractivity contribution < 1.29 is 9.90 Å². The number of rotatable bonds is 4. The molecule has 0 saturated carbocycles. The highest BCUT2D eigenvalue weighted by Gasteiger charge is 2.18. The van der Waals surface area contributed by atoms with Gasteiger partial charge in [-0.1, -0.05) is 0 Å². The fraction of sp³-hybridized carbons (Fsp3) is 0.545. The number of aliphatic carboxylic acids is 1. The van der Waals surface area contributed by atoms with Gasteiger partial charge in [0.1, 0.15) is 0 Å². The first-order valence-corrected chi connectivity index (χ1v) is 5.72. The van der Waals surface area contributed by atoms with Gasteiger partial charge in [-0.15, -0.1) is 0 Å². The molecule has 2 rings (SSSR count). The zero-order chi connectivity index (χ0) is 12.1. The first-order chi connectivity index (χ1) is 8.25. The van der Waals surface area contributed by atoms with E-state index in [4.69, 9.17) is 5.11 Å². The van der Waals surface area contributed by atoms with Crippen molar-refractivity contribution in [2.45, 2.75) is 6.42 Å². The van der Waals surface area contributed by atoms with E-state index in [1.54, 1.807) is 18.5 Å². The van der Waals surface area contributed by atoms with Gasteiger partial charge in [-0.25, -0.2) is 9.97 Å². The lowest BCUT2D eigenvalue weighted by molar-refractivity contribution is -0.137. The van der Waals surface area contributed by atoms with Crippen LogP contribution in [0.2, 0.25) is 0 Å². The van der Waals surface area contributed by atoms with Crippen molar-refractivity contribution in [3.8, 4) is 0 Å². The highest BCUT2D eigenvalue weighted by molar-refractivity contribution is 5.66. The van der Waals surface area contributed by atoms with E-state index in [9.17, 15) is 4.79 Å². The third-order valence-corrected chi connectivity index (χ3v) is 2.85. The van der Waals surface area contributed by atoms with Crippen LogP contribution in [0.4, 0.5) is 5.95 Å². The van der Waals surface area contributed by atoms with E-state index in [1.807, 2.05) is 0 Å². The highest BCUT2D eigenvalue weighted by Crippen LogP contribution is 2.09. The van der Waals surface area contributed by atoms with Crippen LogP contribution in [-0.2, 0) is 4.79 Å².